The minimum atomic E-state index is 0.00197. The average Bonchev–Trinajstić information content (AvgIpc) is 2.73. The number of amides is 1. The van der Waals surface area contributed by atoms with Crippen molar-refractivity contribution in [2.24, 2.45) is 10.7 Å². The lowest BCUT2D eigenvalue weighted by Gasteiger charge is -2.16. The molecule has 2 aromatic carbocycles. The second-order valence-electron chi connectivity index (χ2n) is 5.74. The fraction of sp³-hybridized carbons (Fsp3) is 0.158. The molecule has 2 aromatic rings. The van der Waals surface area contributed by atoms with Crippen molar-refractivity contribution in [3.8, 4) is 0 Å². The summed E-state index contributed by atoms with van der Waals surface area (Å²) in [7, 11) is 0. The Balaban J connectivity index is 1.98. The van der Waals surface area contributed by atoms with Gasteiger partial charge in [-0.25, -0.2) is 0 Å². The highest BCUT2D eigenvalue weighted by Gasteiger charge is 2.20. The molecule has 0 saturated heterocycles. The lowest BCUT2D eigenvalue weighted by atomic mass is 10.0. The van der Waals surface area contributed by atoms with Crippen molar-refractivity contribution < 1.29 is 4.79 Å². The summed E-state index contributed by atoms with van der Waals surface area (Å²) in [5, 5.41) is 6.32. The molecule has 1 aliphatic heterocycles. The minimum Gasteiger partial charge on any atom is -0.404 e. The zero-order valence-corrected chi connectivity index (χ0v) is 13.5. The van der Waals surface area contributed by atoms with Gasteiger partial charge in [0.25, 0.3) is 0 Å². The smallest absolute Gasteiger partial charge is 0.226 e. The standard InChI is InChI=1S/C19H20N4O/c1-13-10-18(24)23-17-9-5-8-16(19(17)22-13)14(11-20)12-21-15-6-3-2-4-7-15/h2-9,11-13,22H,10,20H2,1H3,(H,23,24)/t13-/m1/s1. The molecule has 5 heteroatoms. The number of carbonyl (C=O) groups excluding carboxylic acids is 1. The number of allylic oxidation sites excluding steroid dienone is 1. The van der Waals surface area contributed by atoms with Crippen molar-refractivity contribution in [3.05, 3.63) is 60.3 Å². The first-order chi connectivity index (χ1) is 11.7. The molecular formula is C19H20N4O. The number of nitrogens with one attached hydrogen (secondary N) is 2. The van der Waals surface area contributed by atoms with E-state index in [1.165, 1.54) is 6.20 Å². The van der Waals surface area contributed by atoms with Crippen molar-refractivity contribution in [2.75, 3.05) is 10.6 Å². The lowest BCUT2D eigenvalue weighted by Crippen LogP contribution is -2.19. The Morgan fingerprint density at radius 1 is 1.21 bits per heavy atom. The molecule has 0 saturated carbocycles. The van der Waals surface area contributed by atoms with Gasteiger partial charge in [-0.15, -0.1) is 0 Å². The number of carbonyl (C=O) groups is 1. The first-order valence-electron chi connectivity index (χ1n) is 7.88. The summed E-state index contributed by atoms with van der Waals surface area (Å²) in [5.74, 6) is 0.00197. The van der Waals surface area contributed by atoms with E-state index in [0.717, 1.165) is 28.2 Å². The van der Waals surface area contributed by atoms with Crippen LogP contribution >= 0.6 is 0 Å². The summed E-state index contributed by atoms with van der Waals surface area (Å²) in [5.41, 5.74) is 10.0. The second kappa shape index (κ2) is 7.00. The molecule has 24 heavy (non-hydrogen) atoms. The summed E-state index contributed by atoms with van der Waals surface area (Å²) < 4.78 is 0. The number of hydrogen-bond acceptors (Lipinski definition) is 4. The molecule has 0 aliphatic carbocycles. The van der Waals surface area contributed by atoms with Gasteiger partial charge < -0.3 is 16.4 Å². The van der Waals surface area contributed by atoms with Gasteiger partial charge in [-0.3, -0.25) is 9.79 Å². The largest absolute Gasteiger partial charge is 0.404 e. The van der Waals surface area contributed by atoms with Crippen LogP contribution in [0.3, 0.4) is 0 Å². The molecule has 0 radical (unpaired) electrons. The molecule has 1 atom stereocenters. The monoisotopic (exact) mass is 320 g/mol. The molecule has 1 amide bonds. The van der Waals surface area contributed by atoms with Gasteiger partial charge in [0.1, 0.15) is 0 Å². The number of hydrogen-bond donors (Lipinski definition) is 3. The van der Waals surface area contributed by atoms with Crippen molar-refractivity contribution >= 4 is 34.8 Å². The van der Waals surface area contributed by atoms with Crippen LogP contribution in [0, 0.1) is 0 Å². The highest BCUT2D eigenvalue weighted by atomic mass is 16.1. The first-order valence-corrected chi connectivity index (χ1v) is 7.88. The molecule has 4 N–H and O–H groups in total. The zero-order valence-electron chi connectivity index (χ0n) is 13.5. The van der Waals surface area contributed by atoms with E-state index < -0.39 is 0 Å². The highest BCUT2D eigenvalue weighted by molar-refractivity contribution is 6.14. The molecule has 0 fully saturated rings. The number of para-hydroxylation sites is 2. The van der Waals surface area contributed by atoms with Crippen molar-refractivity contribution in [3.63, 3.8) is 0 Å². The average molecular weight is 320 g/mol. The predicted molar refractivity (Wildman–Crippen MR) is 99.5 cm³/mol. The third-order valence-electron chi connectivity index (χ3n) is 3.82. The van der Waals surface area contributed by atoms with Crippen LogP contribution in [0.5, 0.6) is 0 Å². The van der Waals surface area contributed by atoms with Crippen LogP contribution in [-0.4, -0.2) is 18.2 Å². The Bertz CT molecular complexity index is 796. The summed E-state index contributed by atoms with van der Waals surface area (Å²) in [6.07, 6.45) is 3.69. The number of fused-ring (bicyclic) bond motifs is 1. The summed E-state index contributed by atoms with van der Waals surface area (Å²) in [6, 6.07) is 15.5. The molecule has 0 spiro atoms. The Hall–Kier alpha value is -3.08. The SMILES string of the molecule is C[C@@H]1CC(=O)Nc2cccc(C(C=Nc3ccccc3)=CN)c2N1. The van der Waals surface area contributed by atoms with E-state index in [2.05, 4.69) is 15.6 Å². The van der Waals surface area contributed by atoms with Gasteiger partial charge in [-0.1, -0.05) is 30.3 Å². The molecule has 1 aliphatic rings. The van der Waals surface area contributed by atoms with E-state index in [4.69, 9.17) is 5.73 Å². The van der Waals surface area contributed by atoms with E-state index in [9.17, 15) is 4.79 Å². The molecule has 0 bridgehead atoms. The number of nitrogens with zero attached hydrogens (tertiary/aromatic N) is 1. The lowest BCUT2D eigenvalue weighted by molar-refractivity contribution is -0.116. The zero-order chi connectivity index (χ0) is 16.9. The first kappa shape index (κ1) is 15.8. The van der Waals surface area contributed by atoms with Crippen LogP contribution in [0.4, 0.5) is 17.1 Å². The maximum absolute atomic E-state index is 11.9. The quantitative estimate of drug-likeness (QED) is 0.757. The third-order valence-corrected chi connectivity index (χ3v) is 3.82. The third kappa shape index (κ3) is 3.46. The molecule has 3 rings (SSSR count). The minimum absolute atomic E-state index is 0.00197. The molecule has 0 aromatic heterocycles. The second-order valence-corrected chi connectivity index (χ2v) is 5.74. The van der Waals surface area contributed by atoms with Crippen LogP contribution in [0.15, 0.2) is 59.7 Å². The van der Waals surface area contributed by atoms with Gasteiger partial charge in [0.2, 0.25) is 5.91 Å². The van der Waals surface area contributed by atoms with E-state index in [1.807, 2.05) is 55.5 Å². The van der Waals surface area contributed by atoms with E-state index in [-0.39, 0.29) is 11.9 Å². The van der Waals surface area contributed by atoms with Gasteiger partial charge in [-0.05, 0) is 25.1 Å². The molecule has 0 unspecified atom stereocenters. The number of benzene rings is 2. The van der Waals surface area contributed by atoms with Crippen molar-refractivity contribution in [1.29, 1.82) is 0 Å². The van der Waals surface area contributed by atoms with Gasteiger partial charge >= 0.3 is 0 Å². The van der Waals surface area contributed by atoms with E-state index in [0.29, 0.717) is 6.42 Å². The van der Waals surface area contributed by atoms with Crippen LogP contribution in [0.25, 0.3) is 5.57 Å². The highest BCUT2D eigenvalue weighted by Crippen LogP contribution is 2.33. The molecule has 5 nitrogen and oxygen atoms in total. The number of aliphatic imine (C=N–C) groups is 1. The topological polar surface area (TPSA) is 79.5 Å². The number of anilines is 2. The van der Waals surface area contributed by atoms with E-state index >= 15 is 0 Å². The van der Waals surface area contributed by atoms with E-state index in [1.54, 1.807) is 6.21 Å². The summed E-state index contributed by atoms with van der Waals surface area (Å²) in [4.78, 5) is 16.4. The molecular weight excluding hydrogens is 300 g/mol. The Kier molecular flexibility index (Phi) is 4.61. The van der Waals surface area contributed by atoms with Crippen LogP contribution < -0.4 is 16.4 Å². The van der Waals surface area contributed by atoms with Gasteiger partial charge in [0.05, 0.1) is 17.1 Å². The van der Waals surface area contributed by atoms with Gasteiger partial charge in [-0.2, -0.15) is 0 Å². The normalized spacial score (nSPS) is 17.8. The number of nitrogens with two attached hydrogens (primary N) is 1. The maximum Gasteiger partial charge on any atom is 0.226 e. The number of rotatable bonds is 3. The van der Waals surface area contributed by atoms with Crippen molar-refractivity contribution in [2.45, 2.75) is 19.4 Å². The summed E-state index contributed by atoms with van der Waals surface area (Å²) >= 11 is 0. The maximum atomic E-state index is 11.9. The Morgan fingerprint density at radius 2 is 2.00 bits per heavy atom. The van der Waals surface area contributed by atoms with Gasteiger partial charge in [0.15, 0.2) is 0 Å². The van der Waals surface area contributed by atoms with Crippen LogP contribution in [0.1, 0.15) is 18.9 Å². The van der Waals surface area contributed by atoms with Crippen molar-refractivity contribution in [1.82, 2.24) is 0 Å². The van der Waals surface area contributed by atoms with Crippen LogP contribution in [0.2, 0.25) is 0 Å². The van der Waals surface area contributed by atoms with Crippen LogP contribution in [-0.2, 0) is 4.79 Å². The fourth-order valence-corrected chi connectivity index (χ4v) is 2.69. The molecule has 122 valence electrons. The summed E-state index contributed by atoms with van der Waals surface area (Å²) in [6.45, 7) is 1.98. The predicted octanol–water partition coefficient (Wildman–Crippen LogP) is 3.53. The van der Waals surface area contributed by atoms with Gasteiger partial charge in [0, 0.05) is 36.0 Å². The molecule has 1 heterocycles. The Labute approximate surface area is 141 Å². The Morgan fingerprint density at radius 3 is 2.75 bits per heavy atom. The fourth-order valence-electron chi connectivity index (χ4n) is 2.69.